The molecule has 1 aliphatic heterocycles. The molecule has 1 saturated heterocycles. The summed E-state index contributed by atoms with van der Waals surface area (Å²) in [6.45, 7) is 5.90. The van der Waals surface area contributed by atoms with E-state index < -0.39 is 67.3 Å². The van der Waals surface area contributed by atoms with Gasteiger partial charge >= 0.3 is 23.9 Å². The Morgan fingerprint density at radius 3 is 1.39 bits per heavy atom. The van der Waals surface area contributed by atoms with Gasteiger partial charge in [-0.3, -0.25) is 14.4 Å². The average molecular weight is 977 g/mol. The lowest BCUT2D eigenvalue weighted by molar-refractivity contribution is -0.301. The van der Waals surface area contributed by atoms with Crippen molar-refractivity contribution in [2.24, 2.45) is 0 Å². The second kappa shape index (κ2) is 46.0. The first-order valence-electron chi connectivity index (χ1n) is 28.0. The predicted molar refractivity (Wildman–Crippen MR) is 276 cm³/mol. The summed E-state index contributed by atoms with van der Waals surface area (Å²) in [7, 11) is 0. The third-order valence-corrected chi connectivity index (χ3v) is 12.7. The fourth-order valence-corrected chi connectivity index (χ4v) is 8.32. The van der Waals surface area contributed by atoms with E-state index in [9.17, 15) is 34.5 Å². The lowest BCUT2D eigenvalue weighted by Crippen LogP contribution is -2.61. The van der Waals surface area contributed by atoms with Crippen LogP contribution in [0.3, 0.4) is 0 Å². The van der Waals surface area contributed by atoms with Crippen molar-refractivity contribution < 1.29 is 58.2 Å². The fourth-order valence-electron chi connectivity index (χ4n) is 8.32. The Bertz CT molecular complexity index is 1350. The normalized spacial score (nSPS) is 18.9. The zero-order chi connectivity index (χ0) is 50.4. The van der Waals surface area contributed by atoms with E-state index in [4.69, 9.17) is 23.7 Å². The third kappa shape index (κ3) is 36.5. The number of esters is 3. The Morgan fingerprint density at radius 2 is 0.884 bits per heavy atom. The minimum Gasteiger partial charge on any atom is -0.479 e. The molecule has 0 aromatic heterocycles. The van der Waals surface area contributed by atoms with Crippen LogP contribution in [0.25, 0.3) is 0 Å². The molecule has 0 bridgehead atoms. The first kappa shape index (κ1) is 64.0. The molecule has 6 unspecified atom stereocenters. The van der Waals surface area contributed by atoms with Crippen molar-refractivity contribution in [1.29, 1.82) is 0 Å². The van der Waals surface area contributed by atoms with Gasteiger partial charge in [-0.25, -0.2) is 4.79 Å². The van der Waals surface area contributed by atoms with Crippen LogP contribution in [0.15, 0.2) is 36.5 Å². The first-order chi connectivity index (χ1) is 33.6. The fraction of sp³-hybridized carbons (Fsp3) is 0.825. The molecular formula is C57H100O12. The van der Waals surface area contributed by atoms with Gasteiger partial charge in [-0.2, -0.15) is 0 Å². The number of carbonyl (C=O) groups excluding carboxylic acids is 3. The standard InChI is InChI=1S/C57H100O12/c1-4-7-10-13-16-19-22-23-24-25-26-27-30-31-34-37-40-43-49(58)65-46-48(67-50(59)44-41-38-35-32-28-20-17-14-11-8-5-2)47-66-57-55(53(62)52(61)54(69-57)56(63)64)68-51(60)45-42-39-36-33-29-21-18-15-12-9-6-3/h14,16-17,19,23-24,48,52-55,57,61-62H,4-13,15,18,20-22,25-47H2,1-3H3,(H,63,64)/b17-14-,19-16-,24-23-. The van der Waals surface area contributed by atoms with E-state index in [-0.39, 0.29) is 25.9 Å². The molecule has 0 radical (unpaired) electrons. The number of unbranched alkanes of at least 4 members (excludes halogenated alkanes) is 27. The second-order valence-electron chi connectivity index (χ2n) is 19.2. The molecule has 69 heavy (non-hydrogen) atoms. The molecule has 0 saturated carbocycles. The number of aliphatic carboxylic acids is 1. The van der Waals surface area contributed by atoms with Gasteiger partial charge in [0.15, 0.2) is 24.6 Å². The van der Waals surface area contributed by atoms with Crippen molar-refractivity contribution in [3.05, 3.63) is 36.5 Å². The molecule has 1 heterocycles. The van der Waals surface area contributed by atoms with Gasteiger partial charge in [0, 0.05) is 19.3 Å². The molecule has 3 N–H and O–H groups in total. The Labute approximate surface area is 419 Å². The van der Waals surface area contributed by atoms with Crippen molar-refractivity contribution in [1.82, 2.24) is 0 Å². The van der Waals surface area contributed by atoms with Crippen LogP contribution in [0.5, 0.6) is 0 Å². The number of rotatable bonds is 47. The van der Waals surface area contributed by atoms with Crippen molar-refractivity contribution in [3.8, 4) is 0 Å². The van der Waals surface area contributed by atoms with Crippen LogP contribution < -0.4 is 0 Å². The maximum absolute atomic E-state index is 13.1. The number of aliphatic hydroxyl groups excluding tert-OH is 2. The quantitative estimate of drug-likeness (QED) is 0.0228. The lowest BCUT2D eigenvalue weighted by Gasteiger charge is -2.40. The van der Waals surface area contributed by atoms with Gasteiger partial charge in [-0.05, 0) is 70.6 Å². The average Bonchev–Trinajstić information content (AvgIpc) is 3.33. The van der Waals surface area contributed by atoms with Crippen molar-refractivity contribution in [2.75, 3.05) is 13.2 Å². The number of carboxylic acids is 1. The molecule has 400 valence electrons. The van der Waals surface area contributed by atoms with E-state index in [0.29, 0.717) is 19.3 Å². The second-order valence-corrected chi connectivity index (χ2v) is 19.2. The summed E-state index contributed by atoms with van der Waals surface area (Å²) in [5, 5.41) is 31.3. The van der Waals surface area contributed by atoms with Gasteiger partial charge in [0.2, 0.25) is 0 Å². The van der Waals surface area contributed by atoms with Gasteiger partial charge < -0.3 is 39.0 Å². The smallest absolute Gasteiger partial charge is 0.335 e. The summed E-state index contributed by atoms with van der Waals surface area (Å²) in [5.41, 5.74) is 0. The number of allylic oxidation sites excluding steroid dienone is 6. The van der Waals surface area contributed by atoms with Gasteiger partial charge in [0.1, 0.15) is 18.8 Å². The van der Waals surface area contributed by atoms with E-state index in [0.717, 1.165) is 103 Å². The highest BCUT2D eigenvalue weighted by Gasteiger charge is 2.50. The molecule has 1 fully saturated rings. The largest absolute Gasteiger partial charge is 0.479 e. The number of ether oxygens (including phenoxy) is 5. The Kier molecular flexibility index (Phi) is 42.7. The minimum absolute atomic E-state index is 0.0628. The summed E-state index contributed by atoms with van der Waals surface area (Å²) < 4.78 is 28.3. The van der Waals surface area contributed by atoms with Crippen LogP contribution in [0.1, 0.15) is 252 Å². The topological polar surface area (TPSA) is 175 Å². The van der Waals surface area contributed by atoms with Gasteiger partial charge in [-0.1, -0.05) is 198 Å². The molecule has 1 rings (SSSR count). The Morgan fingerprint density at radius 1 is 0.478 bits per heavy atom. The van der Waals surface area contributed by atoms with Crippen LogP contribution in [0, 0.1) is 0 Å². The Hall–Kier alpha value is -3.06. The van der Waals surface area contributed by atoms with Gasteiger partial charge in [-0.15, -0.1) is 0 Å². The van der Waals surface area contributed by atoms with E-state index >= 15 is 0 Å². The maximum Gasteiger partial charge on any atom is 0.335 e. The van der Waals surface area contributed by atoms with E-state index in [1.807, 2.05) is 0 Å². The van der Waals surface area contributed by atoms with Gasteiger partial charge in [0.25, 0.3) is 0 Å². The molecule has 0 spiro atoms. The summed E-state index contributed by atoms with van der Waals surface area (Å²) in [5.74, 6) is -3.13. The SMILES string of the molecule is CCCC/C=C\CCCCCCCC(=O)OC(COC(=O)CCCCCCCCC/C=C\C/C=C\CCCCC)COC1OC(C(=O)O)C(O)C(O)C1OC(=O)CCCCCCCCCCCCC. The van der Waals surface area contributed by atoms with Crippen molar-refractivity contribution in [2.45, 2.75) is 289 Å². The molecule has 0 aromatic carbocycles. The highest BCUT2D eigenvalue weighted by Crippen LogP contribution is 2.26. The molecule has 12 nitrogen and oxygen atoms in total. The first-order valence-corrected chi connectivity index (χ1v) is 28.0. The highest BCUT2D eigenvalue weighted by molar-refractivity contribution is 5.74. The van der Waals surface area contributed by atoms with Crippen LogP contribution in [-0.2, 0) is 42.9 Å². The number of aliphatic hydroxyl groups is 2. The van der Waals surface area contributed by atoms with Gasteiger partial charge in [0.05, 0.1) is 6.61 Å². The van der Waals surface area contributed by atoms with E-state index in [1.54, 1.807) is 0 Å². The van der Waals surface area contributed by atoms with Crippen molar-refractivity contribution in [3.63, 3.8) is 0 Å². The number of hydrogen-bond donors (Lipinski definition) is 3. The lowest BCUT2D eigenvalue weighted by atomic mass is 9.98. The third-order valence-electron chi connectivity index (χ3n) is 12.7. The van der Waals surface area contributed by atoms with Crippen LogP contribution in [-0.4, -0.2) is 89.2 Å². The molecule has 0 amide bonds. The molecule has 1 aliphatic rings. The Balaban J connectivity index is 2.69. The molecule has 0 aliphatic carbocycles. The van der Waals surface area contributed by atoms with E-state index in [1.165, 1.54) is 89.9 Å². The maximum atomic E-state index is 13.1. The summed E-state index contributed by atoms with van der Waals surface area (Å²) >= 11 is 0. The molecular weight excluding hydrogens is 877 g/mol. The molecule has 0 aromatic rings. The monoisotopic (exact) mass is 977 g/mol. The number of hydrogen-bond acceptors (Lipinski definition) is 11. The molecule has 12 heteroatoms. The van der Waals surface area contributed by atoms with Crippen LogP contribution in [0.2, 0.25) is 0 Å². The summed E-state index contributed by atoms with van der Waals surface area (Å²) in [4.78, 5) is 50.9. The number of carboxylic acid groups (broad SMARTS) is 1. The molecule has 6 atom stereocenters. The van der Waals surface area contributed by atoms with Crippen LogP contribution >= 0.6 is 0 Å². The summed E-state index contributed by atoms with van der Waals surface area (Å²) in [6, 6.07) is 0. The zero-order valence-corrected chi connectivity index (χ0v) is 43.8. The van der Waals surface area contributed by atoms with E-state index in [2.05, 4.69) is 57.2 Å². The minimum atomic E-state index is -1.90. The highest BCUT2D eigenvalue weighted by atomic mass is 16.7. The predicted octanol–water partition coefficient (Wildman–Crippen LogP) is 13.7. The zero-order valence-electron chi connectivity index (χ0n) is 43.8. The van der Waals surface area contributed by atoms with Crippen molar-refractivity contribution >= 4 is 23.9 Å². The number of carbonyl (C=O) groups is 4. The van der Waals surface area contributed by atoms with Crippen LogP contribution in [0.4, 0.5) is 0 Å². The summed E-state index contributed by atoms with van der Waals surface area (Å²) in [6.07, 6.45) is 39.9.